The largest absolute Gasteiger partial charge is 0.394 e. The van der Waals surface area contributed by atoms with Crippen molar-refractivity contribution in [3.63, 3.8) is 0 Å². The summed E-state index contributed by atoms with van der Waals surface area (Å²) in [5.74, 6) is -2.09. The van der Waals surface area contributed by atoms with Gasteiger partial charge >= 0.3 is 0 Å². The molecule has 0 aliphatic heterocycles. The second-order valence-corrected chi connectivity index (χ2v) is 14.9. The molecule has 302 valence electrons. The molecule has 0 bridgehead atoms. The zero-order valence-corrected chi connectivity index (χ0v) is 33.4. The van der Waals surface area contributed by atoms with Crippen LogP contribution in [0, 0.1) is 11.8 Å². The lowest BCUT2D eigenvalue weighted by molar-refractivity contribution is -0.135. The average Bonchev–Trinajstić information content (AvgIpc) is 3.08. The Morgan fingerprint density at radius 1 is 0.596 bits per heavy atom. The van der Waals surface area contributed by atoms with Crippen LogP contribution in [0.4, 0.5) is 0 Å². The Morgan fingerprint density at radius 3 is 1.48 bits per heavy atom. The van der Waals surface area contributed by atoms with Crippen molar-refractivity contribution in [1.29, 1.82) is 0 Å². The monoisotopic (exact) mass is 738 g/mol. The van der Waals surface area contributed by atoms with Gasteiger partial charge in [0.05, 0.1) is 12.4 Å². The number of aliphatic hydroxyl groups excluding tert-OH is 1. The van der Waals surface area contributed by atoms with E-state index in [0.717, 1.165) is 25.7 Å². The number of likely N-dealkylation sites (N-methyl/N-ethyl adjacent to an activating group) is 1. The third-order valence-corrected chi connectivity index (χ3v) is 8.92. The van der Waals surface area contributed by atoms with E-state index < -0.39 is 48.5 Å². The standard InChI is InChI=1S/C39H75N7O6/c1-8-9-10-11-12-13-14-15-16-17-18-19-20-23-35(48)43-33(26-29(4)5)38(51)46-34(27-47)39(52)44-31(22-21-24-42-30(6)40)37(50)45-32(25-28(2)3)36(49)41-7/h28-29,31-34,42,47H,6,8-27,40H2,1-5,7H3,(H,41,49)(H,43,48)(H,44,52)(H,45,50)(H,46,51)/t31-,32-,33-,34-/m0/s1. The number of rotatable bonds is 32. The predicted molar refractivity (Wildman–Crippen MR) is 209 cm³/mol. The van der Waals surface area contributed by atoms with Gasteiger partial charge in [-0.1, -0.05) is 118 Å². The van der Waals surface area contributed by atoms with Gasteiger partial charge in [-0.15, -0.1) is 0 Å². The summed E-state index contributed by atoms with van der Waals surface area (Å²) in [6, 6.07) is -4.15. The van der Waals surface area contributed by atoms with Gasteiger partial charge in [0, 0.05) is 20.0 Å². The Hall–Kier alpha value is -3.35. The van der Waals surface area contributed by atoms with Gasteiger partial charge in [-0.05, 0) is 43.9 Å². The van der Waals surface area contributed by atoms with E-state index in [9.17, 15) is 29.1 Å². The van der Waals surface area contributed by atoms with E-state index in [1.165, 1.54) is 64.8 Å². The van der Waals surface area contributed by atoms with Crippen molar-refractivity contribution >= 4 is 29.5 Å². The van der Waals surface area contributed by atoms with Crippen LogP contribution in [0.15, 0.2) is 12.4 Å². The van der Waals surface area contributed by atoms with Crippen LogP contribution in [0.25, 0.3) is 0 Å². The van der Waals surface area contributed by atoms with Crippen LogP contribution < -0.4 is 37.6 Å². The quantitative estimate of drug-likeness (QED) is 0.0473. The molecule has 0 heterocycles. The number of carbonyl (C=O) groups is 5. The van der Waals surface area contributed by atoms with Crippen molar-refractivity contribution in [3.8, 4) is 0 Å². The van der Waals surface area contributed by atoms with Crippen LogP contribution in [0.1, 0.15) is 150 Å². The van der Waals surface area contributed by atoms with Crippen LogP contribution in [-0.2, 0) is 24.0 Å². The molecule has 9 N–H and O–H groups in total. The van der Waals surface area contributed by atoms with E-state index in [1.54, 1.807) is 0 Å². The molecule has 0 fully saturated rings. The van der Waals surface area contributed by atoms with Crippen LogP contribution in [0.2, 0.25) is 0 Å². The first-order valence-electron chi connectivity index (χ1n) is 20.0. The van der Waals surface area contributed by atoms with Gasteiger partial charge in [0.15, 0.2) is 0 Å². The third-order valence-electron chi connectivity index (χ3n) is 8.92. The molecule has 13 heteroatoms. The van der Waals surface area contributed by atoms with E-state index in [1.807, 2.05) is 27.7 Å². The zero-order chi connectivity index (χ0) is 39.3. The van der Waals surface area contributed by atoms with Crippen LogP contribution >= 0.6 is 0 Å². The maximum Gasteiger partial charge on any atom is 0.245 e. The molecule has 0 saturated carbocycles. The molecule has 52 heavy (non-hydrogen) atoms. The Balaban J connectivity index is 5.16. The van der Waals surface area contributed by atoms with Crippen molar-refractivity contribution in [2.45, 2.75) is 174 Å². The normalized spacial score (nSPS) is 13.5. The minimum atomic E-state index is -1.37. The van der Waals surface area contributed by atoms with Crippen molar-refractivity contribution in [3.05, 3.63) is 12.4 Å². The highest BCUT2D eigenvalue weighted by molar-refractivity contribution is 5.95. The summed E-state index contributed by atoms with van der Waals surface area (Å²) in [6.07, 6.45) is 17.3. The van der Waals surface area contributed by atoms with Crippen molar-refractivity contribution < 1.29 is 29.1 Å². The van der Waals surface area contributed by atoms with Gasteiger partial charge in [-0.25, -0.2) is 0 Å². The van der Waals surface area contributed by atoms with Gasteiger partial charge in [-0.2, -0.15) is 0 Å². The second kappa shape index (κ2) is 30.1. The van der Waals surface area contributed by atoms with E-state index in [-0.39, 0.29) is 35.9 Å². The maximum absolute atomic E-state index is 13.4. The molecular weight excluding hydrogens is 662 g/mol. The molecule has 0 saturated heterocycles. The Morgan fingerprint density at radius 2 is 1.02 bits per heavy atom. The number of hydrogen-bond donors (Lipinski definition) is 8. The summed E-state index contributed by atoms with van der Waals surface area (Å²) in [7, 11) is 1.48. The topological polar surface area (TPSA) is 204 Å². The molecule has 0 rings (SSSR count). The second-order valence-electron chi connectivity index (χ2n) is 14.9. The van der Waals surface area contributed by atoms with Gasteiger partial charge in [0.25, 0.3) is 0 Å². The highest BCUT2D eigenvalue weighted by Gasteiger charge is 2.31. The third kappa shape index (κ3) is 24.8. The predicted octanol–water partition coefficient (Wildman–Crippen LogP) is 4.04. The summed E-state index contributed by atoms with van der Waals surface area (Å²) >= 11 is 0. The summed E-state index contributed by atoms with van der Waals surface area (Å²) in [5, 5.41) is 26.3. The zero-order valence-electron chi connectivity index (χ0n) is 33.4. The summed E-state index contributed by atoms with van der Waals surface area (Å²) < 4.78 is 0. The van der Waals surface area contributed by atoms with E-state index in [4.69, 9.17) is 5.73 Å². The van der Waals surface area contributed by atoms with E-state index in [2.05, 4.69) is 45.4 Å². The lowest BCUT2D eigenvalue weighted by Gasteiger charge is -2.26. The minimum Gasteiger partial charge on any atom is -0.394 e. The first-order valence-corrected chi connectivity index (χ1v) is 20.0. The number of unbranched alkanes of at least 4 members (excludes halogenated alkanes) is 12. The summed E-state index contributed by atoms with van der Waals surface area (Å²) in [6.45, 7) is 13.2. The first-order chi connectivity index (χ1) is 24.7. The molecule has 5 amide bonds. The van der Waals surface area contributed by atoms with Crippen molar-refractivity contribution in [1.82, 2.24) is 31.9 Å². The fourth-order valence-electron chi connectivity index (χ4n) is 5.98. The highest BCUT2D eigenvalue weighted by atomic mass is 16.3. The van der Waals surface area contributed by atoms with Crippen molar-refractivity contribution in [2.75, 3.05) is 20.2 Å². The maximum atomic E-state index is 13.4. The Labute approximate surface area is 314 Å². The molecule has 0 aliphatic rings. The SMILES string of the molecule is C=C(N)NCCC[C@H](NC(=O)[C@H](CO)NC(=O)[C@H](CC(C)C)NC(=O)CCCCCCCCCCCCCCC)C(=O)N[C@@H](CC(C)C)C(=O)NC. The number of nitrogens with two attached hydrogens (primary N) is 1. The van der Waals surface area contributed by atoms with Crippen LogP contribution in [-0.4, -0.2) is 79.0 Å². The fraction of sp³-hybridized carbons (Fsp3) is 0.821. The molecule has 0 aromatic carbocycles. The lowest BCUT2D eigenvalue weighted by Crippen LogP contribution is -2.59. The Bertz CT molecular complexity index is 1040. The van der Waals surface area contributed by atoms with Gasteiger partial charge in [-0.3, -0.25) is 24.0 Å². The fourth-order valence-corrected chi connectivity index (χ4v) is 5.98. The molecule has 0 aliphatic carbocycles. The molecule has 0 aromatic heterocycles. The number of amides is 5. The smallest absolute Gasteiger partial charge is 0.245 e. The number of nitrogens with one attached hydrogen (secondary N) is 6. The Kier molecular flexibility index (Phi) is 28.2. The van der Waals surface area contributed by atoms with Crippen LogP contribution in [0.3, 0.4) is 0 Å². The molecule has 0 aromatic rings. The number of aliphatic hydroxyl groups is 1. The minimum absolute atomic E-state index is 0.0687. The van der Waals surface area contributed by atoms with Gasteiger partial charge in [0.2, 0.25) is 29.5 Å². The molecule has 0 radical (unpaired) electrons. The molecule has 0 unspecified atom stereocenters. The summed E-state index contributed by atoms with van der Waals surface area (Å²) in [5.41, 5.74) is 5.58. The average molecular weight is 738 g/mol. The number of hydrogen-bond acceptors (Lipinski definition) is 8. The molecule has 0 spiro atoms. The van der Waals surface area contributed by atoms with Crippen molar-refractivity contribution in [2.24, 2.45) is 17.6 Å². The molecule has 13 nitrogen and oxygen atoms in total. The molecule has 4 atom stereocenters. The molecular formula is C39H75N7O6. The van der Waals surface area contributed by atoms with Gasteiger partial charge in [0.1, 0.15) is 24.2 Å². The van der Waals surface area contributed by atoms with E-state index >= 15 is 0 Å². The van der Waals surface area contributed by atoms with E-state index in [0.29, 0.717) is 32.2 Å². The summed E-state index contributed by atoms with van der Waals surface area (Å²) in [4.78, 5) is 65.4. The highest BCUT2D eigenvalue weighted by Crippen LogP contribution is 2.14. The first kappa shape index (κ1) is 48.6. The van der Waals surface area contributed by atoms with Gasteiger partial charge < -0.3 is 42.7 Å². The lowest BCUT2D eigenvalue weighted by atomic mass is 10.0. The van der Waals surface area contributed by atoms with Crippen LogP contribution in [0.5, 0.6) is 0 Å². The number of carbonyl (C=O) groups excluding carboxylic acids is 5.